The Morgan fingerprint density at radius 2 is 2.16 bits per heavy atom. The van der Waals surface area contributed by atoms with Crippen LogP contribution in [0.2, 0.25) is 0 Å². The number of allylic oxidation sites excluding steroid dienone is 2. The van der Waals surface area contributed by atoms with Gasteiger partial charge in [-0.3, -0.25) is 0 Å². The molecule has 1 aliphatic carbocycles. The van der Waals surface area contributed by atoms with Crippen molar-refractivity contribution in [1.29, 1.82) is 0 Å². The number of aliphatic hydroxyl groups excluding tert-OH is 1. The molecule has 0 spiro atoms. The third-order valence-corrected chi connectivity index (χ3v) is 4.71. The Kier molecular flexibility index (Phi) is 6.42. The molecule has 0 amide bonds. The van der Waals surface area contributed by atoms with Gasteiger partial charge in [-0.2, -0.15) is 0 Å². The van der Waals surface area contributed by atoms with Crippen molar-refractivity contribution in [3.63, 3.8) is 0 Å². The van der Waals surface area contributed by atoms with Gasteiger partial charge in [-0.15, -0.1) is 0 Å². The Balaban J connectivity index is 1.53. The van der Waals surface area contributed by atoms with Crippen molar-refractivity contribution in [3.8, 4) is 0 Å². The lowest BCUT2D eigenvalue weighted by Crippen LogP contribution is -2.37. The number of aromatic nitrogens is 2. The molecule has 1 fully saturated rings. The van der Waals surface area contributed by atoms with Crippen molar-refractivity contribution in [2.24, 2.45) is 0 Å². The molecule has 1 atom stereocenters. The molecule has 1 aromatic heterocycles. The fourth-order valence-corrected chi connectivity index (χ4v) is 3.30. The Morgan fingerprint density at radius 1 is 1.32 bits per heavy atom. The number of ether oxygens (including phenoxy) is 1. The van der Waals surface area contributed by atoms with Gasteiger partial charge in [-0.1, -0.05) is 18.2 Å². The van der Waals surface area contributed by atoms with E-state index in [1.807, 2.05) is 19.1 Å². The van der Waals surface area contributed by atoms with E-state index >= 15 is 0 Å². The first kappa shape index (κ1) is 17.9. The van der Waals surface area contributed by atoms with Crippen LogP contribution in [0, 0.1) is 0 Å². The van der Waals surface area contributed by atoms with E-state index < -0.39 is 6.10 Å². The summed E-state index contributed by atoms with van der Waals surface area (Å²) in [6.45, 7) is 5.16. The average molecular weight is 344 g/mol. The van der Waals surface area contributed by atoms with Crippen molar-refractivity contribution >= 4 is 11.6 Å². The van der Waals surface area contributed by atoms with Crippen LogP contribution in [0.1, 0.15) is 32.6 Å². The minimum atomic E-state index is -0.517. The van der Waals surface area contributed by atoms with E-state index in [1.54, 1.807) is 6.33 Å². The highest BCUT2D eigenvalue weighted by Gasteiger charge is 2.20. The molecule has 6 heteroatoms. The van der Waals surface area contributed by atoms with Gasteiger partial charge in [0.2, 0.25) is 0 Å². The Hall–Kier alpha value is -1.92. The number of piperidine rings is 1. The predicted octanol–water partition coefficient (Wildman–Crippen LogP) is 2.53. The largest absolute Gasteiger partial charge is 0.387 e. The summed E-state index contributed by atoms with van der Waals surface area (Å²) in [5.41, 5.74) is 0.978. The maximum Gasteiger partial charge on any atom is 0.134 e. The summed E-state index contributed by atoms with van der Waals surface area (Å²) in [6.07, 6.45) is 11.7. The summed E-state index contributed by atoms with van der Waals surface area (Å²) in [6, 6.07) is 1.96. The van der Waals surface area contributed by atoms with Gasteiger partial charge < -0.3 is 20.1 Å². The third kappa shape index (κ3) is 5.03. The molecule has 2 heterocycles. The topological polar surface area (TPSA) is 70.5 Å². The predicted molar refractivity (Wildman–Crippen MR) is 99.8 cm³/mol. The van der Waals surface area contributed by atoms with Gasteiger partial charge in [0, 0.05) is 32.3 Å². The average Bonchev–Trinajstić information content (AvgIpc) is 2.68. The van der Waals surface area contributed by atoms with Crippen LogP contribution in [-0.2, 0) is 4.74 Å². The van der Waals surface area contributed by atoms with Crippen molar-refractivity contribution in [2.45, 2.75) is 44.8 Å². The lowest BCUT2D eigenvalue weighted by atomic mass is 10.0. The Morgan fingerprint density at radius 3 is 2.88 bits per heavy atom. The molecule has 1 aromatic rings. The number of nitrogens with one attached hydrogen (secondary N) is 1. The molecular formula is C19H28N4O2. The zero-order valence-electron chi connectivity index (χ0n) is 14.9. The van der Waals surface area contributed by atoms with E-state index in [0.717, 1.165) is 62.6 Å². The summed E-state index contributed by atoms with van der Waals surface area (Å²) < 4.78 is 5.70. The van der Waals surface area contributed by atoms with Crippen LogP contribution in [-0.4, -0.2) is 53.5 Å². The standard InChI is InChI=1S/C19H28N4O2/c1-2-25-16-8-10-23(11-9-16)19-12-18(21-14-22-19)20-13-17(24)15-6-4-3-5-7-15/h4,6-7,12,14,16-17,24H,2-3,5,8-11,13H2,1H3,(H,20,21,22). The fraction of sp³-hybridized carbons (Fsp3) is 0.579. The number of nitrogens with zero attached hydrogens (tertiary/aromatic N) is 3. The first-order valence-corrected chi connectivity index (χ1v) is 9.23. The summed E-state index contributed by atoms with van der Waals surface area (Å²) in [5, 5.41) is 13.5. The maximum atomic E-state index is 10.3. The van der Waals surface area contributed by atoms with Crippen molar-refractivity contribution in [3.05, 3.63) is 36.2 Å². The van der Waals surface area contributed by atoms with Crippen LogP contribution < -0.4 is 10.2 Å². The summed E-state index contributed by atoms with van der Waals surface area (Å²) in [7, 11) is 0. The molecule has 0 saturated carbocycles. The highest BCUT2D eigenvalue weighted by Crippen LogP contribution is 2.21. The summed E-state index contributed by atoms with van der Waals surface area (Å²) >= 11 is 0. The molecule has 3 rings (SSSR count). The van der Waals surface area contributed by atoms with Gasteiger partial charge in [0.15, 0.2) is 0 Å². The molecular weight excluding hydrogens is 316 g/mol. The smallest absolute Gasteiger partial charge is 0.134 e. The summed E-state index contributed by atoms with van der Waals surface area (Å²) in [5.74, 6) is 1.68. The summed E-state index contributed by atoms with van der Waals surface area (Å²) in [4.78, 5) is 10.9. The quantitative estimate of drug-likeness (QED) is 0.792. The van der Waals surface area contributed by atoms with Crippen molar-refractivity contribution in [1.82, 2.24) is 9.97 Å². The molecule has 0 bridgehead atoms. The third-order valence-electron chi connectivity index (χ3n) is 4.71. The number of anilines is 2. The van der Waals surface area contributed by atoms with Gasteiger partial charge in [-0.25, -0.2) is 9.97 Å². The second kappa shape index (κ2) is 8.97. The fourth-order valence-electron chi connectivity index (χ4n) is 3.30. The Labute approximate surface area is 149 Å². The molecule has 25 heavy (non-hydrogen) atoms. The van der Waals surface area contributed by atoms with E-state index in [1.165, 1.54) is 0 Å². The molecule has 0 radical (unpaired) electrons. The molecule has 0 aromatic carbocycles. The lowest BCUT2D eigenvalue weighted by Gasteiger charge is -2.32. The molecule has 136 valence electrons. The van der Waals surface area contributed by atoms with Crippen LogP contribution in [0.3, 0.4) is 0 Å². The molecule has 6 nitrogen and oxygen atoms in total. The van der Waals surface area contributed by atoms with Crippen molar-refractivity contribution < 1.29 is 9.84 Å². The zero-order chi connectivity index (χ0) is 17.5. The number of aliphatic hydroxyl groups is 1. The first-order chi connectivity index (χ1) is 12.3. The van der Waals surface area contributed by atoms with Gasteiger partial charge >= 0.3 is 0 Å². The SMILES string of the molecule is CCOC1CCN(c2cc(NCC(O)C3=CCCC=C3)ncn2)CC1. The molecule has 1 aliphatic heterocycles. The van der Waals surface area contributed by atoms with Crippen molar-refractivity contribution in [2.75, 3.05) is 36.5 Å². The number of hydrogen-bond donors (Lipinski definition) is 2. The van der Waals surface area contributed by atoms with E-state index in [2.05, 4.69) is 32.3 Å². The number of hydrogen-bond acceptors (Lipinski definition) is 6. The van der Waals surface area contributed by atoms with Crippen LogP contribution in [0.25, 0.3) is 0 Å². The monoisotopic (exact) mass is 344 g/mol. The van der Waals surface area contributed by atoms with Crippen LogP contribution in [0.15, 0.2) is 36.2 Å². The van der Waals surface area contributed by atoms with E-state index in [9.17, 15) is 5.11 Å². The highest BCUT2D eigenvalue weighted by atomic mass is 16.5. The van der Waals surface area contributed by atoms with Gasteiger partial charge in [0.1, 0.15) is 18.0 Å². The number of rotatable bonds is 7. The van der Waals surface area contributed by atoms with E-state index in [0.29, 0.717) is 12.6 Å². The molecule has 2 N–H and O–H groups in total. The minimum absolute atomic E-state index is 0.368. The first-order valence-electron chi connectivity index (χ1n) is 9.23. The highest BCUT2D eigenvalue weighted by molar-refractivity contribution is 5.49. The molecule has 1 saturated heterocycles. The maximum absolute atomic E-state index is 10.3. The zero-order valence-corrected chi connectivity index (χ0v) is 14.9. The Bertz CT molecular complexity index is 609. The molecule has 2 aliphatic rings. The van der Waals surface area contributed by atoms with Crippen LogP contribution in [0.5, 0.6) is 0 Å². The lowest BCUT2D eigenvalue weighted by molar-refractivity contribution is 0.0458. The van der Waals surface area contributed by atoms with E-state index in [4.69, 9.17) is 4.74 Å². The van der Waals surface area contributed by atoms with Gasteiger partial charge in [-0.05, 0) is 38.2 Å². The van der Waals surface area contributed by atoms with Crippen LogP contribution >= 0.6 is 0 Å². The van der Waals surface area contributed by atoms with Gasteiger partial charge in [0.25, 0.3) is 0 Å². The molecule has 1 unspecified atom stereocenters. The second-order valence-corrected chi connectivity index (χ2v) is 6.48. The second-order valence-electron chi connectivity index (χ2n) is 6.48. The minimum Gasteiger partial charge on any atom is -0.387 e. The normalized spacial score (nSPS) is 19.6. The van der Waals surface area contributed by atoms with E-state index in [-0.39, 0.29) is 0 Å². The van der Waals surface area contributed by atoms with Crippen LogP contribution in [0.4, 0.5) is 11.6 Å². The van der Waals surface area contributed by atoms with Gasteiger partial charge in [0.05, 0.1) is 12.2 Å².